The number of nitrogens with one attached hydrogen (secondary N) is 2. The Morgan fingerprint density at radius 1 is 1.00 bits per heavy atom. The van der Waals surface area contributed by atoms with Crippen molar-refractivity contribution in [2.45, 2.75) is 37.5 Å². The maximum absolute atomic E-state index is 14.5. The molecule has 0 unspecified atom stereocenters. The lowest BCUT2D eigenvalue weighted by Gasteiger charge is -2.34. The van der Waals surface area contributed by atoms with Gasteiger partial charge in [-0.2, -0.15) is 13.2 Å². The summed E-state index contributed by atoms with van der Waals surface area (Å²) >= 11 is 0.911. The van der Waals surface area contributed by atoms with Crippen LogP contribution in [0.2, 0.25) is 0 Å². The molecule has 2 aromatic rings. The van der Waals surface area contributed by atoms with Crippen LogP contribution in [0.25, 0.3) is 0 Å². The maximum atomic E-state index is 14.5. The second kappa shape index (κ2) is 9.92. The SMILES string of the molecule is COC(=O)c1c(N[C@](NC(=O)c2ccccc2OC)(C(=O)OC)C(F)(F)F)sc2c1CCCC2. The van der Waals surface area contributed by atoms with E-state index < -0.39 is 29.7 Å². The fraction of sp³-hybridized carbons (Fsp3) is 0.409. The summed E-state index contributed by atoms with van der Waals surface area (Å²) < 4.78 is 57.9. The first kappa shape index (κ1) is 25.3. The molecular formula is C22H23F3N2O6S. The van der Waals surface area contributed by atoms with E-state index >= 15 is 0 Å². The highest BCUT2D eigenvalue weighted by molar-refractivity contribution is 7.16. The number of hydrogen-bond acceptors (Lipinski definition) is 8. The minimum Gasteiger partial charge on any atom is -0.496 e. The highest BCUT2D eigenvalue weighted by Crippen LogP contribution is 2.42. The summed E-state index contributed by atoms with van der Waals surface area (Å²) in [4.78, 5) is 38.8. The summed E-state index contributed by atoms with van der Waals surface area (Å²) in [6.45, 7) is 0. The second-order valence-corrected chi connectivity index (χ2v) is 8.53. The van der Waals surface area contributed by atoms with Crippen LogP contribution in [0.5, 0.6) is 5.75 Å². The van der Waals surface area contributed by atoms with Gasteiger partial charge in [-0.05, 0) is 43.4 Å². The number of carbonyl (C=O) groups is 3. The second-order valence-electron chi connectivity index (χ2n) is 7.43. The fourth-order valence-corrected chi connectivity index (χ4v) is 5.09. The number of para-hydroxylation sites is 1. The van der Waals surface area contributed by atoms with Gasteiger partial charge in [0.15, 0.2) is 0 Å². The number of esters is 2. The Morgan fingerprint density at radius 2 is 1.68 bits per heavy atom. The predicted octanol–water partition coefficient (Wildman–Crippen LogP) is 3.70. The smallest absolute Gasteiger partial charge is 0.441 e. The molecule has 8 nitrogen and oxygen atoms in total. The van der Waals surface area contributed by atoms with E-state index in [9.17, 15) is 27.6 Å². The number of fused-ring (bicyclic) bond motifs is 1. The quantitative estimate of drug-likeness (QED) is 0.442. The van der Waals surface area contributed by atoms with Gasteiger partial charge in [0.1, 0.15) is 10.8 Å². The zero-order valence-electron chi connectivity index (χ0n) is 18.6. The van der Waals surface area contributed by atoms with E-state index in [0.29, 0.717) is 23.3 Å². The lowest BCUT2D eigenvalue weighted by Crippen LogP contribution is -2.69. The van der Waals surface area contributed by atoms with Crippen molar-refractivity contribution >= 4 is 34.2 Å². The highest BCUT2D eigenvalue weighted by atomic mass is 32.1. The average molecular weight is 500 g/mol. The number of ether oxygens (including phenoxy) is 3. The van der Waals surface area contributed by atoms with Gasteiger partial charge in [-0.25, -0.2) is 9.59 Å². The van der Waals surface area contributed by atoms with Crippen molar-refractivity contribution in [2.75, 3.05) is 26.6 Å². The Morgan fingerprint density at radius 3 is 2.29 bits per heavy atom. The van der Waals surface area contributed by atoms with Gasteiger partial charge >= 0.3 is 23.8 Å². The minimum atomic E-state index is -5.37. The van der Waals surface area contributed by atoms with E-state index in [1.54, 1.807) is 5.32 Å². The normalized spacial score (nSPS) is 14.9. The molecule has 0 saturated heterocycles. The first-order valence-electron chi connectivity index (χ1n) is 10.2. The van der Waals surface area contributed by atoms with Gasteiger partial charge in [-0.3, -0.25) is 4.79 Å². The summed E-state index contributed by atoms with van der Waals surface area (Å²) in [6, 6.07) is 5.60. The molecule has 0 spiro atoms. The van der Waals surface area contributed by atoms with Crippen LogP contribution in [0, 0.1) is 0 Å². The summed E-state index contributed by atoms with van der Waals surface area (Å²) in [5, 5.41) is 3.61. The molecule has 12 heteroatoms. The molecule has 34 heavy (non-hydrogen) atoms. The van der Waals surface area contributed by atoms with Crippen molar-refractivity contribution in [2.24, 2.45) is 0 Å². The van der Waals surface area contributed by atoms with Crippen LogP contribution in [0.15, 0.2) is 24.3 Å². The van der Waals surface area contributed by atoms with Gasteiger partial charge in [0.05, 0.1) is 32.5 Å². The van der Waals surface area contributed by atoms with Crippen LogP contribution in [0.1, 0.15) is 44.0 Å². The Balaban J connectivity index is 2.15. The molecule has 0 radical (unpaired) electrons. The number of anilines is 1. The third kappa shape index (κ3) is 4.54. The number of thiophene rings is 1. The van der Waals surface area contributed by atoms with E-state index in [2.05, 4.69) is 10.1 Å². The van der Waals surface area contributed by atoms with Crippen molar-refractivity contribution in [3.05, 3.63) is 45.8 Å². The van der Waals surface area contributed by atoms with E-state index in [1.165, 1.54) is 31.4 Å². The molecule has 1 aliphatic rings. The number of alkyl halides is 3. The summed E-state index contributed by atoms with van der Waals surface area (Å²) in [6.07, 6.45) is -2.77. The Bertz CT molecular complexity index is 1100. The van der Waals surface area contributed by atoms with Crippen molar-refractivity contribution in [3.8, 4) is 5.75 Å². The maximum Gasteiger partial charge on any atom is 0.441 e. The van der Waals surface area contributed by atoms with Crippen LogP contribution >= 0.6 is 11.3 Å². The number of carbonyl (C=O) groups excluding carboxylic acids is 3. The molecule has 1 atom stereocenters. The summed E-state index contributed by atoms with van der Waals surface area (Å²) in [5.74, 6) is -3.90. The molecule has 1 amide bonds. The Labute approximate surface area is 197 Å². The molecule has 0 saturated carbocycles. The van der Waals surface area contributed by atoms with Gasteiger partial charge in [-0.15, -0.1) is 11.3 Å². The number of halogens is 3. The Hall–Kier alpha value is -3.28. The lowest BCUT2D eigenvalue weighted by molar-refractivity contribution is -0.203. The molecule has 1 aromatic heterocycles. The summed E-state index contributed by atoms with van der Waals surface area (Å²) in [7, 11) is 3.13. The number of hydrogen-bond donors (Lipinski definition) is 2. The predicted molar refractivity (Wildman–Crippen MR) is 117 cm³/mol. The Kier molecular flexibility index (Phi) is 7.39. The molecule has 2 N–H and O–H groups in total. The van der Waals surface area contributed by atoms with Gasteiger partial charge in [-0.1, -0.05) is 12.1 Å². The zero-order valence-corrected chi connectivity index (χ0v) is 19.4. The molecule has 1 heterocycles. The summed E-state index contributed by atoms with van der Waals surface area (Å²) in [5.41, 5.74) is -3.45. The van der Waals surface area contributed by atoms with E-state index in [1.807, 2.05) is 0 Å². The number of amides is 1. The van der Waals surface area contributed by atoms with Gasteiger partial charge in [0.25, 0.3) is 5.91 Å². The third-order valence-electron chi connectivity index (χ3n) is 5.43. The zero-order chi connectivity index (χ0) is 25.1. The molecular weight excluding hydrogens is 477 g/mol. The van der Waals surface area contributed by atoms with Gasteiger partial charge < -0.3 is 24.8 Å². The topological polar surface area (TPSA) is 103 Å². The average Bonchev–Trinajstić information content (AvgIpc) is 3.19. The molecule has 1 aliphatic carbocycles. The molecule has 0 bridgehead atoms. The molecule has 1 aromatic carbocycles. The van der Waals surface area contributed by atoms with Crippen molar-refractivity contribution < 1.29 is 41.8 Å². The molecule has 3 rings (SSSR count). The van der Waals surface area contributed by atoms with Gasteiger partial charge in [0, 0.05) is 4.88 Å². The largest absolute Gasteiger partial charge is 0.496 e. The van der Waals surface area contributed by atoms with Crippen LogP contribution in [0.4, 0.5) is 18.2 Å². The minimum absolute atomic E-state index is 0.00257. The monoisotopic (exact) mass is 500 g/mol. The number of methoxy groups -OCH3 is 3. The first-order valence-corrected chi connectivity index (χ1v) is 11.0. The van der Waals surface area contributed by atoms with E-state index in [0.717, 1.165) is 38.4 Å². The van der Waals surface area contributed by atoms with E-state index in [-0.39, 0.29) is 21.9 Å². The van der Waals surface area contributed by atoms with Crippen molar-refractivity contribution in [1.29, 1.82) is 0 Å². The number of aryl methyl sites for hydroxylation is 1. The van der Waals surface area contributed by atoms with Crippen molar-refractivity contribution in [1.82, 2.24) is 5.32 Å². The van der Waals surface area contributed by atoms with Crippen LogP contribution < -0.4 is 15.4 Å². The number of rotatable bonds is 7. The number of benzene rings is 1. The van der Waals surface area contributed by atoms with Crippen LogP contribution in [-0.4, -0.2) is 51.0 Å². The molecule has 0 fully saturated rings. The highest BCUT2D eigenvalue weighted by Gasteiger charge is 2.64. The standard InChI is InChI=1S/C22H23F3N2O6S/c1-31-14-10-6-4-8-12(14)17(28)26-21(20(30)33-3,22(23,24)25)27-18-16(19(29)32-2)13-9-5-7-11-15(13)34-18/h4,6,8,10,27H,5,7,9,11H2,1-3H3,(H,26,28)/t21-/m1/s1. The molecule has 184 valence electrons. The van der Waals surface area contributed by atoms with Gasteiger partial charge in [0.2, 0.25) is 0 Å². The van der Waals surface area contributed by atoms with Crippen LogP contribution in [-0.2, 0) is 27.1 Å². The lowest BCUT2D eigenvalue weighted by atomic mass is 9.95. The third-order valence-corrected chi connectivity index (χ3v) is 6.64. The first-order chi connectivity index (χ1) is 16.1. The molecule has 0 aliphatic heterocycles. The van der Waals surface area contributed by atoms with Crippen LogP contribution in [0.3, 0.4) is 0 Å². The van der Waals surface area contributed by atoms with E-state index in [4.69, 9.17) is 9.47 Å². The fourth-order valence-electron chi connectivity index (χ4n) is 3.76. The van der Waals surface area contributed by atoms with Crippen molar-refractivity contribution in [3.63, 3.8) is 0 Å².